The molecule has 0 saturated heterocycles. The van der Waals surface area contributed by atoms with Crippen LogP contribution in [0.25, 0.3) is 5.57 Å². The van der Waals surface area contributed by atoms with Crippen LogP contribution in [0.3, 0.4) is 0 Å². The molecule has 0 saturated carbocycles. The van der Waals surface area contributed by atoms with Gasteiger partial charge in [-0.05, 0) is 28.8 Å². The Morgan fingerprint density at radius 3 is 2.36 bits per heavy atom. The number of esters is 1. The van der Waals surface area contributed by atoms with Crippen molar-refractivity contribution >= 4 is 11.5 Å². The molecule has 0 bridgehead atoms. The standard InChI is InChI=1S/C18H16O4/c1-21-12-9-7-11(8-10-12)15-13-5-3-4-6-14(13)17(19)16(15)18(20)22-2/h3-10,17,19H,1-2H3. The molecule has 4 heteroatoms. The summed E-state index contributed by atoms with van der Waals surface area (Å²) < 4.78 is 10.0. The Labute approximate surface area is 128 Å². The first-order chi connectivity index (χ1) is 10.7. The van der Waals surface area contributed by atoms with Crippen LogP contribution in [-0.4, -0.2) is 25.3 Å². The molecule has 1 aliphatic rings. The van der Waals surface area contributed by atoms with Crippen LogP contribution in [0.15, 0.2) is 54.1 Å². The van der Waals surface area contributed by atoms with Gasteiger partial charge < -0.3 is 14.6 Å². The molecule has 1 N–H and O–H groups in total. The second kappa shape index (κ2) is 5.66. The lowest BCUT2D eigenvalue weighted by molar-refractivity contribution is -0.137. The molecule has 0 heterocycles. The third-order valence-corrected chi connectivity index (χ3v) is 3.85. The Morgan fingerprint density at radius 1 is 1.05 bits per heavy atom. The van der Waals surface area contributed by atoms with Gasteiger partial charge in [0.15, 0.2) is 0 Å². The van der Waals surface area contributed by atoms with Crippen molar-refractivity contribution in [2.75, 3.05) is 14.2 Å². The minimum Gasteiger partial charge on any atom is -0.497 e. The van der Waals surface area contributed by atoms with Gasteiger partial charge in [0.1, 0.15) is 11.9 Å². The summed E-state index contributed by atoms with van der Waals surface area (Å²) in [7, 11) is 2.92. The predicted molar refractivity (Wildman–Crippen MR) is 82.4 cm³/mol. The van der Waals surface area contributed by atoms with Crippen molar-refractivity contribution in [2.45, 2.75) is 6.10 Å². The fourth-order valence-corrected chi connectivity index (χ4v) is 2.79. The van der Waals surface area contributed by atoms with Crippen LogP contribution >= 0.6 is 0 Å². The van der Waals surface area contributed by atoms with Crippen molar-refractivity contribution < 1.29 is 19.4 Å². The van der Waals surface area contributed by atoms with Gasteiger partial charge in [-0.2, -0.15) is 0 Å². The van der Waals surface area contributed by atoms with E-state index < -0.39 is 12.1 Å². The molecular formula is C18H16O4. The summed E-state index contributed by atoms with van der Waals surface area (Å²) in [5.41, 5.74) is 3.38. The van der Waals surface area contributed by atoms with E-state index in [0.717, 1.165) is 16.9 Å². The number of carbonyl (C=O) groups is 1. The van der Waals surface area contributed by atoms with E-state index >= 15 is 0 Å². The maximum absolute atomic E-state index is 12.1. The first-order valence-corrected chi connectivity index (χ1v) is 6.91. The largest absolute Gasteiger partial charge is 0.497 e. The highest BCUT2D eigenvalue weighted by Crippen LogP contribution is 2.44. The minimum atomic E-state index is -0.972. The van der Waals surface area contributed by atoms with E-state index in [1.807, 2.05) is 48.5 Å². The van der Waals surface area contributed by atoms with Crippen LogP contribution in [-0.2, 0) is 9.53 Å². The molecule has 4 nitrogen and oxygen atoms in total. The van der Waals surface area contributed by atoms with Crippen LogP contribution in [0.4, 0.5) is 0 Å². The Morgan fingerprint density at radius 2 is 1.73 bits per heavy atom. The Bertz CT molecular complexity index is 744. The molecule has 2 aromatic carbocycles. The number of fused-ring (bicyclic) bond motifs is 1. The number of methoxy groups -OCH3 is 2. The van der Waals surface area contributed by atoms with Crippen LogP contribution in [0, 0.1) is 0 Å². The zero-order chi connectivity index (χ0) is 15.7. The zero-order valence-electron chi connectivity index (χ0n) is 12.4. The topological polar surface area (TPSA) is 55.8 Å². The Hall–Kier alpha value is -2.59. The number of aliphatic hydroxyl groups is 1. The van der Waals surface area contributed by atoms with E-state index in [2.05, 4.69) is 0 Å². The van der Waals surface area contributed by atoms with Crippen molar-refractivity contribution in [3.63, 3.8) is 0 Å². The summed E-state index contributed by atoms with van der Waals surface area (Å²) in [6.07, 6.45) is -0.972. The average Bonchev–Trinajstić information content (AvgIpc) is 2.87. The van der Waals surface area contributed by atoms with Crippen molar-refractivity contribution in [2.24, 2.45) is 0 Å². The third kappa shape index (κ3) is 2.18. The lowest BCUT2D eigenvalue weighted by atomic mass is 9.97. The van der Waals surface area contributed by atoms with Gasteiger partial charge in [0, 0.05) is 5.57 Å². The molecule has 0 aliphatic heterocycles. The summed E-state index contributed by atoms with van der Waals surface area (Å²) in [5, 5.41) is 10.5. The molecule has 112 valence electrons. The van der Waals surface area contributed by atoms with Crippen molar-refractivity contribution in [3.05, 3.63) is 70.8 Å². The lowest BCUT2D eigenvalue weighted by Crippen LogP contribution is -2.11. The molecule has 1 aliphatic carbocycles. The van der Waals surface area contributed by atoms with E-state index in [9.17, 15) is 9.90 Å². The van der Waals surface area contributed by atoms with E-state index in [1.54, 1.807) is 7.11 Å². The van der Waals surface area contributed by atoms with Gasteiger partial charge in [-0.1, -0.05) is 36.4 Å². The van der Waals surface area contributed by atoms with Crippen LogP contribution in [0.5, 0.6) is 5.75 Å². The maximum atomic E-state index is 12.1. The smallest absolute Gasteiger partial charge is 0.337 e. The molecule has 22 heavy (non-hydrogen) atoms. The fraction of sp³-hybridized carbons (Fsp3) is 0.167. The molecule has 3 rings (SSSR count). The Balaban J connectivity index is 2.21. The van der Waals surface area contributed by atoms with E-state index in [-0.39, 0.29) is 5.57 Å². The minimum absolute atomic E-state index is 0.272. The number of hydrogen-bond acceptors (Lipinski definition) is 4. The molecule has 0 fully saturated rings. The zero-order valence-corrected chi connectivity index (χ0v) is 12.4. The van der Waals surface area contributed by atoms with Gasteiger partial charge in [0.2, 0.25) is 0 Å². The SMILES string of the molecule is COC(=O)C1=C(c2ccc(OC)cc2)c2ccccc2C1O. The average molecular weight is 296 g/mol. The van der Waals surface area contributed by atoms with E-state index in [4.69, 9.17) is 9.47 Å². The first-order valence-electron chi connectivity index (χ1n) is 6.91. The fourth-order valence-electron chi connectivity index (χ4n) is 2.79. The number of ether oxygens (including phenoxy) is 2. The summed E-state index contributed by atoms with van der Waals surface area (Å²) in [6, 6.07) is 14.8. The number of hydrogen-bond donors (Lipinski definition) is 1. The van der Waals surface area contributed by atoms with Gasteiger partial charge in [-0.15, -0.1) is 0 Å². The molecule has 0 spiro atoms. The van der Waals surface area contributed by atoms with Gasteiger partial charge in [-0.25, -0.2) is 4.79 Å². The normalized spacial score (nSPS) is 16.4. The van der Waals surface area contributed by atoms with E-state index in [0.29, 0.717) is 11.1 Å². The maximum Gasteiger partial charge on any atom is 0.337 e. The highest BCUT2D eigenvalue weighted by atomic mass is 16.5. The number of aliphatic hydroxyl groups excluding tert-OH is 1. The highest BCUT2D eigenvalue weighted by molar-refractivity contribution is 6.06. The second-order valence-corrected chi connectivity index (χ2v) is 5.00. The third-order valence-electron chi connectivity index (χ3n) is 3.85. The van der Waals surface area contributed by atoms with Gasteiger partial charge in [0.05, 0.1) is 19.8 Å². The van der Waals surface area contributed by atoms with Crippen LogP contribution in [0.2, 0.25) is 0 Å². The summed E-state index contributed by atoms with van der Waals surface area (Å²) in [5.74, 6) is 0.213. The van der Waals surface area contributed by atoms with Crippen molar-refractivity contribution in [1.82, 2.24) is 0 Å². The summed E-state index contributed by atoms with van der Waals surface area (Å²) >= 11 is 0. The monoisotopic (exact) mass is 296 g/mol. The molecule has 1 atom stereocenters. The number of benzene rings is 2. The Kier molecular flexibility index (Phi) is 3.69. The summed E-state index contributed by atoms with van der Waals surface area (Å²) in [6.45, 7) is 0. The van der Waals surface area contributed by atoms with Crippen LogP contribution < -0.4 is 4.74 Å². The molecule has 2 aromatic rings. The highest BCUT2D eigenvalue weighted by Gasteiger charge is 2.35. The lowest BCUT2D eigenvalue weighted by Gasteiger charge is -2.10. The molecule has 0 amide bonds. The van der Waals surface area contributed by atoms with Crippen molar-refractivity contribution in [3.8, 4) is 5.75 Å². The van der Waals surface area contributed by atoms with Gasteiger partial charge >= 0.3 is 5.97 Å². The van der Waals surface area contributed by atoms with Crippen molar-refractivity contribution in [1.29, 1.82) is 0 Å². The second-order valence-electron chi connectivity index (χ2n) is 5.00. The quantitative estimate of drug-likeness (QED) is 0.885. The first kappa shape index (κ1) is 14.4. The molecule has 0 aromatic heterocycles. The molecule has 1 unspecified atom stereocenters. The molecular weight excluding hydrogens is 280 g/mol. The van der Waals surface area contributed by atoms with Gasteiger partial charge in [-0.3, -0.25) is 0 Å². The predicted octanol–water partition coefficient (Wildman–Crippen LogP) is 2.72. The number of carbonyl (C=O) groups excluding carboxylic acids is 1. The van der Waals surface area contributed by atoms with E-state index in [1.165, 1.54) is 7.11 Å². The van der Waals surface area contributed by atoms with Crippen LogP contribution in [0.1, 0.15) is 22.8 Å². The number of rotatable bonds is 3. The summed E-state index contributed by atoms with van der Waals surface area (Å²) in [4.78, 5) is 12.1. The van der Waals surface area contributed by atoms with Gasteiger partial charge in [0.25, 0.3) is 0 Å². The molecule has 0 radical (unpaired) electrons.